The molecule has 0 bridgehead atoms. The van der Waals surface area contributed by atoms with Crippen molar-refractivity contribution in [1.82, 2.24) is 29.6 Å². The first-order valence-electron chi connectivity index (χ1n) is 9.13. The molecule has 1 aliphatic heterocycles. The van der Waals surface area contributed by atoms with Gasteiger partial charge in [0.2, 0.25) is 0 Å². The number of methoxy groups -OCH3 is 1. The molecule has 0 radical (unpaired) electrons. The lowest BCUT2D eigenvalue weighted by atomic mass is 10.1. The van der Waals surface area contributed by atoms with E-state index in [2.05, 4.69) is 26.4 Å². The van der Waals surface area contributed by atoms with E-state index in [0.717, 1.165) is 11.3 Å². The second-order valence-corrected chi connectivity index (χ2v) is 6.35. The van der Waals surface area contributed by atoms with Crippen LogP contribution in [0, 0.1) is 12.3 Å². The fourth-order valence-corrected chi connectivity index (χ4v) is 3.29. The predicted molar refractivity (Wildman–Crippen MR) is 110 cm³/mol. The number of nitrogens with one attached hydrogen (secondary N) is 1. The molecule has 3 aromatic rings. The van der Waals surface area contributed by atoms with Gasteiger partial charge in [-0.3, -0.25) is 9.36 Å². The van der Waals surface area contributed by atoms with E-state index in [1.165, 1.54) is 0 Å². The number of terminal acetylenes is 1. The van der Waals surface area contributed by atoms with E-state index in [0.29, 0.717) is 34.6 Å². The maximum atomic E-state index is 12.5. The number of halogens is 1. The van der Waals surface area contributed by atoms with E-state index < -0.39 is 0 Å². The van der Waals surface area contributed by atoms with Crippen LogP contribution in [0.15, 0.2) is 24.5 Å². The summed E-state index contributed by atoms with van der Waals surface area (Å²) >= 11 is 6.21. The quantitative estimate of drug-likeness (QED) is 0.521. The molecule has 8 nitrogen and oxygen atoms in total. The van der Waals surface area contributed by atoms with Gasteiger partial charge in [0.25, 0.3) is 5.91 Å². The molecule has 1 aromatic carbocycles. The summed E-state index contributed by atoms with van der Waals surface area (Å²) in [4.78, 5) is 16.8. The van der Waals surface area contributed by atoms with Crippen molar-refractivity contribution in [3.63, 3.8) is 0 Å². The molecule has 0 fully saturated rings. The lowest BCUT2D eigenvalue weighted by molar-refractivity contribution is 0.0953. The highest BCUT2D eigenvalue weighted by atomic mass is 35.5. The van der Waals surface area contributed by atoms with Crippen LogP contribution in [0.1, 0.15) is 35.9 Å². The first kappa shape index (κ1) is 20.6. The zero-order valence-electron chi connectivity index (χ0n) is 16.4. The maximum absolute atomic E-state index is 12.5. The van der Waals surface area contributed by atoms with Gasteiger partial charge in [-0.25, -0.2) is 4.98 Å². The molecule has 0 aliphatic carbocycles. The molecule has 2 aromatic heterocycles. The van der Waals surface area contributed by atoms with Crippen molar-refractivity contribution in [2.24, 2.45) is 0 Å². The minimum Gasteiger partial charge on any atom is -0.377 e. The lowest BCUT2D eigenvalue weighted by Crippen LogP contribution is -2.25. The second kappa shape index (κ2) is 8.90. The highest BCUT2D eigenvalue weighted by molar-refractivity contribution is 6.31. The Morgan fingerprint density at radius 3 is 2.90 bits per heavy atom. The molecule has 150 valence electrons. The Hall–Kier alpha value is -3.15. The van der Waals surface area contributed by atoms with Gasteiger partial charge < -0.3 is 14.6 Å². The molecule has 0 unspecified atom stereocenters. The van der Waals surface area contributed by atoms with Crippen molar-refractivity contribution >= 4 is 17.5 Å². The molecule has 0 atom stereocenters. The Morgan fingerprint density at radius 2 is 2.17 bits per heavy atom. The van der Waals surface area contributed by atoms with Crippen molar-refractivity contribution in [1.29, 1.82) is 0 Å². The van der Waals surface area contributed by atoms with Gasteiger partial charge in [0.1, 0.15) is 12.9 Å². The summed E-state index contributed by atoms with van der Waals surface area (Å²) in [5, 5.41) is 11.8. The molecule has 1 N–H and O–H groups in total. The Bertz CT molecular complexity index is 1080. The topological polar surface area (TPSA) is 86.9 Å². The molecule has 3 heterocycles. The van der Waals surface area contributed by atoms with Gasteiger partial charge in [0.05, 0.1) is 24.5 Å². The predicted octanol–water partition coefficient (Wildman–Crippen LogP) is 2.68. The lowest BCUT2D eigenvalue weighted by Gasteiger charge is -2.09. The zero-order chi connectivity index (χ0) is 21.0. The van der Waals surface area contributed by atoms with Gasteiger partial charge in [0.15, 0.2) is 17.3 Å². The molecule has 4 rings (SSSR count). The number of imidazole rings is 1. The number of hydrogen-bond donors (Lipinski definition) is 1. The zero-order valence-corrected chi connectivity index (χ0v) is 17.2. The first-order chi connectivity index (χ1) is 14.1. The first-order valence-corrected chi connectivity index (χ1v) is 9.51. The van der Waals surface area contributed by atoms with Crippen molar-refractivity contribution in [2.45, 2.75) is 27.0 Å². The largest absolute Gasteiger partial charge is 0.377 e. The van der Waals surface area contributed by atoms with Crippen molar-refractivity contribution in [2.75, 3.05) is 13.7 Å². The van der Waals surface area contributed by atoms with Crippen LogP contribution >= 0.6 is 11.6 Å². The summed E-state index contributed by atoms with van der Waals surface area (Å²) in [6, 6.07) is 5.47. The fourth-order valence-electron chi connectivity index (χ4n) is 3.12. The fraction of sp³-hybridized carbons (Fsp3) is 0.300. The van der Waals surface area contributed by atoms with Crippen LogP contribution in [0.2, 0.25) is 5.02 Å². The van der Waals surface area contributed by atoms with Crippen molar-refractivity contribution in [3.05, 3.63) is 46.8 Å². The average molecular weight is 413 g/mol. The number of nitrogens with zero attached hydrogens (tertiary/aromatic N) is 5. The Labute approximate surface area is 173 Å². The summed E-state index contributed by atoms with van der Waals surface area (Å²) in [7, 11) is 1.59. The number of rotatable bonds is 4. The van der Waals surface area contributed by atoms with Crippen LogP contribution in [0.4, 0.5) is 0 Å². The summed E-state index contributed by atoms with van der Waals surface area (Å²) in [6.45, 7) is 4.77. The third kappa shape index (κ3) is 3.75. The van der Waals surface area contributed by atoms with Crippen LogP contribution < -0.4 is 5.32 Å². The number of fused-ring (bicyclic) bond motifs is 5. The van der Waals surface area contributed by atoms with E-state index >= 15 is 0 Å². The Kier molecular flexibility index (Phi) is 6.32. The summed E-state index contributed by atoms with van der Waals surface area (Å²) < 4.78 is 8.99. The van der Waals surface area contributed by atoms with E-state index in [-0.39, 0.29) is 19.1 Å². The molecule has 0 spiro atoms. The van der Waals surface area contributed by atoms with Crippen LogP contribution in [0.5, 0.6) is 0 Å². The number of carbonyl (C=O) groups excluding carboxylic acids is 1. The van der Waals surface area contributed by atoms with Gasteiger partial charge in [-0.1, -0.05) is 31.4 Å². The average Bonchev–Trinajstić information content (AvgIpc) is 3.30. The third-order valence-electron chi connectivity index (χ3n) is 4.30. The van der Waals surface area contributed by atoms with E-state index in [4.69, 9.17) is 22.8 Å². The van der Waals surface area contributed by atoms with Crippen LogP contribution in [-0.2, 0) is 17.9 Å². The number of aromatic nitrogens is 5. The van der Waals surface area contributed by atoms with Crippen LogP contribution in [0.3, 0.4) is 0 Å². The second-order valence-electron chi connectivity index (χ2n) is 5.92. The highest BCUT2D eigenvalue weighted by Gasteiger charge is 2.27. The Balaban J connectivity index is 0.00000117. The van der Waals surface area contributed by atoms with Gasteiger partial charge in [-0.15, -0.1) is 16.6 Å². The highest BCUT2D eigenvalue weighted by Crippen LogP contribution is 2.34. The Morgan fingerprint density at radius 1 is 1.38 bits per heavy atom. The SMILES string of the molecule is C#CCNC(=O)c1ncn2c1Cn1c(COC)nnc1-c1cc(Cl)ccc1-2.CC. The number of ether oxygens (including phenoxy) is 1. The van der Waals surface area contributed by atoms with Gasteiger partial charge in [-0.2, -0.15) is 0 Å². The molecule has 29 heavy (non-hydrogen) atoms. The summed E-state index contributed by atoms with van der Waals surface area (Å²) in [6.07, 6.45) is 6.85. The van der Waals surface area contributed by atoms with E-state index in [9.17, 15) is 4.79 Å². The van der Waals surface area contributed by atoms with E-state index in [1.807, 2.05) is 35.1 Å². The number of hydrogen-bond acceptors (Lipinski definition) is 5. The monoisotopic (exact) mass is 412 g/mol. The third-order valence-corrected chi connectivity index (χ3v) is 4.54. The molecule has 0 saturated carbocycles. The maximum Gasteiger partial charge on any atom is 0.272 e. The van der Waals surface area contributed by atoms with E-state index in [1.54, 1.807) is 19.5 Å². The van der Waals surface area contributed by atoms with Gasteiger partial charge >= 0.3 is 0 Å². The molecule has 0 saturated heterocycles. The smallest absolute Gasteiger partial charge is 0.272 e. The van der Waals surface area contributed by atoms with Gasteiger partial charge in [-0.05, 0) is 18.2 Å². The van der Waals surface area contributed by atoms with Gasteiger partial charge in [0, 0.05) is 17.7 Å². The van der Waals surface area contributed by atoms with Crippen LogP contribution in [0.25, 0.3) is 17.1 Å². The molecular weight excluding hydrogens is 392 g/mol. The summed E-state index contributed by atoms with van der Waals surface area (Å²) in [5.74, 6) is 3.35. The number of benzene rings is 1. The minimum absolute atomic E-state index is 0.129. The summed E-state index contributed by atoms with van der Waals surface area (Å²) in [5.41, 5.74) is 2.61. The number of amides is 1. The van der Waals surface area contributed by atoms with Crippen molar-refractivity contribution in [3.8, 4) is 29.4 Å². The molecular formula is C20H21ClN6O2. The molecule has 1 aliphatic rings. The normalized spacial score (nSPS) is 11.1. The number of carbonyl (C=O) groups is 1. The molecule has 1 amide bonds. The molecule has 9 heteroatoms. The minimum atomic E-state index is -0.331. The van der Waals surface area contributed by atoms with Crippen LogP contribution in [-0.4, -0.2) is 43.9 Å². The standard InChI is InChI=1S/C18H15ClN6O2.C2H6/c1-3-6-20-18(26)16-14-8-24-15(9-27-2)22-23-17(24)12-7-11(19)4-5-13(12)25(14)10-21-16;1-2/h1,4-5,7,10H,6,8-9H2,2H3,(H,20,26);1-2H3. The van der Waals surface area contributed by atoms with Crippen molar-refractivity contribution < 1.29 is 9.53 Å².